The van der Waals surface area contributed by atoms with Crippen LogP contribution in [0, 0.1) is 11.6 Å². The summed E-state index contributed by atoms with van der Waals surface area (Å²) >= 11 is 0. The highest BCUT2D eigenvalue weighted by molar-refractivity contribution is 5.89. The molecule has 0 fully saturated rings. The van der Waals surface area contributed by atoms with E-state index < -0.39 is 11.7 Å². The number of aromatic nitrogens is 8. The van der Waals surface area contributed by atoms with Crippen molar-refractivity contribution in [2.75, 3.05) is 11.4 Å². The van der Waals surface area contributed by atoms with Gasteiger partial charge in [0.05, 0.1) is 25.0 Å². The van der Waals surface area contributed by atoms with E-state index in [9.17, 15) is 13.6 Å². The highest BCUT2D eigenvalue weighted by Gasteiger charge is 2.27. The lowest BCUT2D eigenvalue weighted by atomic mass is 10.2. The van der Waals surface area contributed by atoms with E-state index in [2.05, 4.69) is 30.4 Å². The van der Waals surface area contributed by atoms with E-state index in [1.807, 2.05) is 0 Å². The maximum absolute atomic E-state index is 14.8. The van der Waals surface area contributed by atoms with Crippen molar-refractivity contribution in [3.05, 3.63) is 77.7 Å². The van der Waals surface area contributed by atoms with Crippen LogP contribution in [-0.4, -0.2) is 52.1 Å². The third-order valence-electron chi connectivity index (χ3n) is 5.99. The number of hydrogen-bond acceptors (Lipinski definition) is 9. The first-order chi connectivity index (χ1) is 18.0. The van der Waals surface area contributed by atoms with Gasteiger partial charge in [-0.1, -0.05) is 23.4 Å². The Morgan fingerprint density at radius 2 is 1.95 bits per heavy atom. The molecule has 0 saturated carbocycles. The Hall–Kier alpha value is -5.01. The number of primary amides is 1. The first-order valence-electron chi connectivity index (χ1n) is 11.2. The van der Waals surface area contributed by atoms with E-state index >= 15 is 0 Å². The number of hydrogen-bond donors (Lipinski definition) is 1. The summed E-state index contributed by atoms with van der Waals surface area (Å²) in [6.07, 6.45) is 2.48. The van der Waals surface area contributed by atoms with Crippen molar-refractivity contribution in [1.29, 1.82) is 0 Å². The lowest BCUT2D eigenvalue weighted by molar-refractivity contribution is 0.0985. The molecule has 0 spiro atoms. The van der Waals surface area contributed by atoms with Crippen LogP contribution < -0.4 is 10.6 Å². The molecule has 1 aliphatic heterocycles. The van der Waals surface area contributed by atoms with Gasteiger partial charge in [-0.2, -0.15) is 5.10 Å². The first-order valence-corrected chi connectivity index (χ1v) is 11.2. The molecule has 4 aromatic heterocycles. The van der Waals surface area contributed by atoms with Crippen LogP contribution >= 0.6 is 0 Å². The van der Waals surface area contributed by atoms with Crippen molar-refractivity contribution in [3.8, 4) is 22.9 Å². The van der Waals surface area contributed by atoms with Gasteiger partial charge in [-0.3, -0.25) is 9.48 Å². The normalized spacial score (nSPS) is 13.1. The number of carbonyl (C=O) groups excluding carboxylic acids is 1. The Kier molecular flexibility index (Phi) is 5.40. The molecule has 2 N–H and O–H groups in total. The van der Waals surface area contributed by atoms with Gasteiger partial charge in [0, 0.05) is 24.7 Å². The molecular weight excluding hydrogens is 486 g/mol. The lowest BCUT2D eigenvalue weighted by Gasteiger charge is -2.28. The molecule has 5 heterocycles. The van der Waals surface area contributed by atoms with E-state index in [0.717, 1.165) is 6.20 Å². The van der Waals surface area contributed by atoms with Crippen LogP contribution in [0.5, 0.6) is 0 Å². The summed E-state index contributed by atoms with van der Waals surface area (Å²) in [6, 6.07) is 9.71. The number of amides is 1. The predicted octanol–water partition coefficient (Wildman–Crippen LogP) is 2.03. The fourth-order valence-corrected chi connectivity index (χ4v) is 4.21. The molecule has 37 heavy (non-hydrogen) atoms. The summed E-state index contributed by atoms with van der Waals surface area (Å²) in [6.45, 7) is 0.948. The molecule has 12 nitrogen and oxygen atoms in total. The maximum atomic E-state index is 14.8. The number of nitrogens with zero attached hydrogens (tertiary/aromatic N) is 9. The zero-order valence-electron chi connectivity index (χ0n) is 19.1. The molecule has 186 valence electrons. The van der Waals surface area contributed by atoms with Crippen LogP contribution in [-0.2, 0) is 19.6 Å². The van der Waals surface area contributed by atoms with Gasteiger partial charge in [-0.05, 0) is 12.1 Å². The van der Waals surface area contributed by atoms with Crippen molar-refractivity contribution in [2.45, 2.75) is 19.6 Å². The number of fused-ring (bicyclic) bond motifs is 1. The molecule has 0 bridgehead atoms. The summed E-state index contributed by atoms with van der Waals surface area (Å²) in [5.74, 6) is -0.958. The Bertz CT molecular complexity index is 1610. The Balaban J connectivity index is 1.36. The Morgan fingerprint density at radius 1 is 1.08 bits per heavy atom. The Labute approximate surface area is 207 Å². The van der Waals surface area contributed by atoms with Crippen LogP contribution in [0.3, 0.4) is 0 Å². The van der Waals surface area contributed by atoms with Crippen LogP contribution in [0.1, 0.15) is 22.0 Å². The first kappa shape index (κ1) is 22.5. The molecule has 0 radical (unpaired) electrons. The van der Waals surface area contributed by atoms with Crippen LogP contribution in [0.2, 0.25) is 0 Å². The molecular formula is C23H18F2N10O2. The Morgan fingerprint density at radius 3 is 2.73 bits per heavy atom. The number of rotatable bonds is 6. The number of benzene rings is 1. The minimum atomic E-state index is -0.684. The minimum absolute atomic E-state index is 0.0477. The van der Waals surface area contributed by atoms with Crippen molar-refractivity contribution in [3.63, 3.8) is 0 Å². The quantitative estimate of drug-likeness (QED) is 0.367. The standard InChI is InChI=1S/C23H18F2N10O2/c24-14-4-2-1-3-13(14)11-35-18(16-5-8-37-32-16)9-17(31-35)21-27-10-15(25)22(28-21)33-6-7-34-19(12-33)29-30-23(34)20(26)36/h1-5,8-10H,6-7,11-12H2,(H2,26,36). The number of carbonyl (C=O) groups is 1. The SMILES string of the molecule is NC(=O)c1nnc2n1CCN(c1nc(-c3cc(-c4ccon4)n(Cc4ccccc4F)n3)ncc1F)C2. The second-order valence-electron chi connectivity index (χ2n) is 8.29. The van der Waals surface area contributed by atoms with E-state index in [1.54, 1.807) is 44.5 Å². The second-order valence-corrected chi connectivity index (χ2v) is 8.29. The third-order valence-corrected chi connectivity index (χ3v) is 5.99. The van der Waals surface area contributed by atoms with Gasteiger partial charge in [0.15, 0.2) is 23.3 Å². The molecule has 1 aromatic carbocycles. The zero-order chi connectivity index (χ0) is 25.5. The van der Waals surface area contributed by atoms with E-state index in [0.29, 0.717) is 41.6 Å². The third kappa shape index (κ3) is 4.07. The molecule has 6 rings (SSSR count). The molecule has 0 aliphatic carbocycles. The van der Waals surface area contributed by atoms with Gasteiger partial charge in [-0.25, -0.2) is 18.7 Å². The maximum Gasteiger partial charge on any atom is 0.286 e. The lowest BCUT2D eigenvalue weighted by Crippen LogP contribution is -2.36. The summed E-state index contributed by atoms with van der Waals surface area (Å²) < 4.78 is 37.3. The monoisotopic (exact) mass is 504 g/mol. The zero-order valence-corrected chi connectivity index (χ0v) is 19.1. The second kappa shape index (κ2) is 8.89. The van der Waals surface area contributed by atoms with Crippen molar-refractivity contribution >= 4 is 11.7 Å². The predicted molar refractivity (Wildman–Crippen MR) is 124 cm³/mol. The van der Waals surface area contributed by atoms with Crippen LogP contribution in [0.15, 0.2) is 53.4 Å². The van der Waals surface area contributed by atoms with Gasteiger partial charge in [0.1, 0.15) is 23.5 Å². The summed E-state index contributed by atoms with van der Waals surface area (Å²) in [7, 11) is 0. The molecule has 1 aliphatic rings. The summed E-state index contributed by atoms with van der Waals surface area (Å²) in [4.78, 5) is 21.8. The van der Waals surface area contributed by atoms with Gasteiger partial charge in [-0.15, -0.1) is 10.2 Å². The van der Waals surface area contributed by atoms with Gasteiger partial charge < -0.3 is 19.7 Å². The highest BCUT2D eigenvalue weighted by atomic mass is 19.1. The van der Waals surface area contributed by atoms with Gasteiger partial charge >= 0.3 is 0 Å². The largest absolute Gasteiger partial charge is 0.364 e. The van der Waals surface area contributed by atoms with Crippen LogP contribution in [0.25, 0.3) is 22.9 Å². The average molecular weight is 504 g/mol. The van der Waals surface area contributed by atoms with E-state index in [-0.39, 0.29) is 36.4 Å². The molecule has 1 amide bonds. The molecule has 0 atom stereocenters. The molecule has 14 heteroatoms. The molecule has 0 saturated heterocycles. The number of halogens is 2. The fraction of sp³-hybridized carbons (Fsp3) is 0.174. The minimum Gasteiger partial charge on any atom is -0.364 e. The summed E-state index contributed by atoms with van der Waals surface area (Å²) in [5.41, 5.74) is 7.14. The summed E-state index contributed by atoms with van der Waals surface area (Å²) in [5, 5.41) is 16.4. The smallest absolute Gasteiger partial charge is 0.286 e. The highest BCUT2D eigenvalue weighted by Crippen LogP contribution is 2.28. The number of anilines is 1. The average Bonchev–Trinajstić information content (AvgIpc) is 3.65. The topological polar surface area (TPSA) is 147 Å². The van der Waals surface area contributed by atoms with Crippen molar-refractivity contribution in [2.24, 2.45) is 5.73 Å². The van der Waals surface area contributed by atoms with E-state index in [1.165, 1.54) is 12.3 Å². The number of nitrogens with two attached hydrogens (primary N) is 1. The van der Waals surface area contributed by atoms with Gasteiger partial charge in [0.2, 0.25) is 5.82 Å². The van der Waals surface area contributed by atoms with Crippen LogP contribution in [0.4, 0.5) is 14.6 Å². The molecule has 5 aromatic rings. The molecule has 0 unspecified atom stereocenters. The van der Waals surface area contributed by atoms with Crippen molar-refractivity contribution < 1.29 is 18.1 Å². The van der Waals surface area contributed by atoms with E-state index in [4.69, 9.17) is 10.3 Å². The van der Waals surface area contributed by atoms with Gasteiger partial charge in [0.25, 0.3) is 5.91 Å². The fourth-order valence-electron chi connectivity index (χ4n) is 4.21. The van der Waals surface area contributed by atoms with Crippen molar-refractivity contribution in [1.82, 2.24) is 39.7 Å².